The molecule has 0 radical (unpaired) electrons. The van der Waals surface area contributed by atoms with Gasteiger partial charge in [0.05, 0.1) is 18.0 Å². The Kier molecular flexibility index (Phi) is 7.14. The van der Waals surface area contributed by atoms with E-state index in [-0.39, 0.29) is 36.2 Å². The SMILES string of the molecule is C#CCNC(=O)CN1CCCN(c2ccc(C(=O)NC)cc2[N+](=O)[O-])CC1. The van der Waals surface area contributed by atoms with Gasteiger partial charge in [-0.2, -0.15) is 0 Å². The average Bonchev–Trinajstić information content (AvgIpc) is 2.90. The van der Waals surface area contributed by atoms with Crippen LogP contribution < -0.4 is 15.5 Å². The molecule has 2 rings (SSSR count). The van der Waals surface area contributed by atoms with E-state index in [1.807, 2.05) is 9.80 Å². The van der Waals surface area contributed by atoms with Crippen LogP contribution in [0.1, 0.15) is 16.8 Å². The lowest BCUT2D eigenvalue weighted by atomic mass is 10.1. The molecule has 0 bridgehead atoms. The molecule has 0 spiro atoms. The quantitative estimate of drug-likeness (QED) is 0.419. The van der Waals surface area contributed by atoms with Crippen molar-refractivity contribution in [3.63, 3.8) is 0 Å². The molecule has 1 aliphatic heterocycles. The van der Waals surface area contributed by atoms with Crippen molar-refractivity contribution in [2.24, 2.45) is 0 Å². The Morgan fingerprint density at radius 3 is 2.74 bits per heavy atom. The van der Waals surface area contributed by atoms with Crippen molar-refractivity contribution in [1.29, 1.82) is 0 Å². The smallest absolute Gasteiger partial charge is 0.293 e. The molecule has 0 aliphatic carbocycles. The molecule has 0 aromatic heterocycles. The summed E-state index contributed by atoms with van der Waals surface area (Å²) in [5.74, 6) is 1.85. The number of nitrogens with one attached hydrogen (secondary N) is 2. The summed E-state index contributed by atoms with van der Waals surface area (Å²) in [6.45, 7) is 2.92. The van der Waals surface area contributed by atoms with Crippen LogP contribution >= 0.6 is 0 Å². The van der Waals surface area contributed by atoms with Gasteiger partial charge >= 0.3 is 0 Å². The fourth-order valence-electron chi connectivity index (χ4n) is 3.00. The van der Waals surface area contributed by atoms with E-state index in [4.69, 9.17) is 6.42 Å². The highest BCUT2D eigenvalue weighted by atomic mass is 16.6. The predicted molar refractivity (Wildman–Crippen MR) is 102 cm³/mol. The molecule has 1 saturated heterocycles. The molecule has 0 atom stereocenters. The van der Waals surface area contributed by atoms with Gasteiger partial charge in [-0.25, -0.2) is 0 Å². The highest BCUT2D eigenvalue weighted by molar-refractivity contribution is 5.95. The van der Waals surface area contributed by atoms with Gasteiger partial charge in [0.2, 0.25) is 5.91 Å². The monoisotopic (exact) mass is 373 g/mol. The number of terminal acetylenes is 1. The molecule has 1 aliphatic rings. The first kappa shape index (κ1) is 20.2. The number of nitro benzene ring substituents is 1. The van der Waals surface area contributed by atoms with Crippen LogP contribution in [0.25, 0.3) is 0 Å². The molecule has 1 heterocycles. The van der Waals surface area contributed by atoms with Crippen LogP contribution in [0, 0.1) is 22.5 Å². The Hall–Kier alpha value is -3.12. The number of rotatable bonds is 6. The van der Waals surface area contributed by atoms with Crippen molar-refractivity contribution in [2.45, 2.75) is 6.42 Å². The van der Waals surface area contributed by atoms with Gasteiger partial charge in [0, 0.05) is 44.9 Å². The van der Waals surface area contributed by atoms with Crippen LogP contribution in [0.5, 0.6) is 0 Å². The van der Waals surface area contributed by atoms with Gasteiger partial charge in [0.1, 0.15) is 5.69 Å². The number of amides is 2. The zero-order valence-electron chi connectivity index (χ0n) is 15.2. The number of benzene rings is 1. The number of nitrogens with zero attached hydrogens (tertiary/aromatic N) is 3. The molecule has 2 amide bonds. The predicted octanol–water partition coefficient (Wildman–Crippen LogP) is 0.216. The highest BCUT2D eigenvalue weighted by Gasteiger charge is 2.24. The van der Waals surface area contributed by atoms with Crippen LogP contribution in [0.15, 0.2) is 18.2 Å². The van der Waals surface area contributed by atoms with E-state index in [1.54, 1.807) is 12.1 Å². The number of anilines is 1. The summed E-state index contributed by atoms with van der Waals surface area (Å²) < 4.78 is 0. The first-order valence-electron chi connectivity index (χ1n) is 8.64. The van der Waals surface area contributed by atoms with Crippen molar-refractivity contribution in [2.75, 3.05) is 51.2 Å². The van der Waals surface area contributed by atoms with Crippen LogP contribution in [0.3, 0.4) is 0 Å². The summed E-state index contributed by atoms with van der Waals surface area (Å²) in [6.07, 6.45) is 5.89. The molecular formula is C18H23N5O4. The van der Waals surface area contributed by atoms with Gasteiger partial charge in [-0.3, -0.25) is 24.6 Å². The summed E-state index contributed by atoms with van der Waals surface area (Å²) in [7, 11) is 1.48. The Morgan fingerprint density at radius 1 is 1.30 bits per heavy atom. The molecule has 1 aromatic carbocycles. The Morgan fingerprint density at radius 2 is 2.07 bits per heavy atom. The summed E-state index contributed by atoms with van der Waals surface area (Å²) in [4.78, 5) is 38.5. The summed E-state index contributed by atoms with van der Waals surface area (Å²) in [6, 6.07) is 4.49. The van der Waals surface area contributed by atoms with Crippen molar-refractivity contribution < 1.29 is 14.5 Å². The van der Waals surface area contributed by atoms with Crippen LogP contribution in [0.4, 0.5) is 11.4 Å². The second-order valence-corrected chi connectivity index (χ2v) is 6.14. The van der Waals surface area contributed by atoms with Crippen molar-refractivity contribution in [1.82, 2.24) is 15.5 Å². The fourth-order valence-corrected chi connectivity index (χ4v) is 3.00. The Balaban J connectivity index is 2.10. The lowest BCUT2D eigenvalue weighted by Crippen LogP contribution is -2.39. The number of carbonyl (C=O) groups is 2. The van der Waals surface area contributed by atoms with E-state index in [0.29, 0.717) is 31.9 Å². The van der Waals surface area contributed by atoms with Crippen LogP contribution in [0.2, 0.25) is 0 Å². The number of hydrogen-bond acceptors (Lipinski definition) is 6. The average molecular weight is 373 g/mol. The van der Waals surface area contributed by atoms with Gasteiger partial charge in [0.15, 0.2) is 0 Å². The number of carbonyl (C=O) groups excluding carboxylic acids is 2. The van der Waals surface area contributed by atoms with E-state index >= 15 is 0 Å². The largest absolute Gasteiger partial charge is 0.365 e. The van der Waals surface area contributed by atoms with Gasteiger partial charge in [0.25, 0.3) is 11.6 Å². The maximum Gasteiger partial charge on any atom is 0.293 e. The standard InChI is InChI=1S/C18H23N5O4/c1-3-7-20-17(24)13-21-8-4-9-22(11-10-21)15-6-5-14(18(25)19-2)12-16(15)23(26)27/h1,5-6,12H,4,7-11,13H2,2H3,(H,19,25)(H,20,24). The lowest BCUT2D eigenvalue weighted by molar-refractivity contribution is -0.384. The fraction of sp³-hybridized carbons (Fsp3) is 0.444. The Labute approximate surface area is 157 Å². The molecule has 1 fully saturated rings. The molecule has 144 valence electrons. The van der Waals surface area contributed by atoms with Gasteiger partial charge in [-0.05, 0) is 18.6 Å². The summed E-state index contributed by atoms with van der Waals surface area (Å²) in [5, 5.41) is 16.6. The summed E-state index contributed by atoms with van der Waals surface area (Å²) >= 11 is 0. The molecule has 9 nitrogen and oxygen atoms in total. The minimum absolute atomic E-state index is 0.101. The third-order valence-electron chi connectivity index (χ3n) is 4.35. The van der Waals surface area contributed by atoms with Crippen LogP contribution in [-0.2, 0) is 4.79 Å². The van der Waals surface area contributed by atoms with E-state index in [9.17, 15) is 19.7 Å². The molecule has 1 aromatic rings. The van der Waals surface area contributed by atoms with Crippen molar-refractivity contribution in [3.8, 4) is 12.3 Å². The lowest BCUT2D eigenvalue weighted by Gasteiger charge is -2.23. The van der Waals surface area contributed by atoms with Gasteiger partial charge in [-0.15, -0.1) is 6.42 Å². The normalized spacial score (nSPS) is 14.7. The van der Waals surface area contributed by atoms with Crippen molar-refractivity contribution in [3.05, 3.63) is 33.9 Å². The summed E-state index contributed by atoms with van der Waals surface area (Å²) in [5.41, 5.74) is 0.622. The minimum Gasteiger partial charge on any atom is -0.365 e. The molecule has 0 unspecified atom stereocenters. The Bertz CT molecular complexity index is 759. The van der Waals surface area contributed by atoms with Gasteiger partial charge in [-0.1, -0.05) is 5.92 Å². The number of nitro groups is 1. The first-order valence-corrected chi connectivity index (χ1v) is 8.64. The maximum atomic E-state index is 11.8. The molecule has 0 saturated carbocycles. The zero-order valence-corrected chi connectivity index (χ0v) is 15.2. The second kappa shape index (κ2) is 9.54. The van der Waals surface area contributed by atoms with Crippen LogP contribution in [-0.4, -0.2) is 68.0 Å². The first-order chi connectivity index (χ1) is 13.0. The molecular weight excluding hydrogens is 350 g/mol. The highest BCUT2D eigenvalue weighted by Crippen LogP contribution is 2.30. The number of hydrogen-bond donors (Lipinski definition) is 2. The molecule has 2 N–H and O–H groups in total. The third kappa shape index (κ3) is 5.43. The molecule has 9 heteroatoms. The third-order valence-corrected chi connectivity index (χ3v) is 4.35. The molecule has 27 heavy (non-hydrogen) atoms. The second-order valence-electron chi connectivity index (χ2n) is 6.14. The van der Waals surface area contributed by atoms with Gasteiger partial charge < -0.3 is 15.5 Å². The topological polar surface area (TPSA) is 108 Å². The van der Waals surface area contributed by atoms with E-state index in [1.165, 1.54) is 13.1 Å². The van der Waals surface area contributed by atoms with E-state index < -0.39 is 4.92 Å². The van der Waals surface area contributed by atoms with E-state index in [0.717, 1.165) is 6.42 Å². The maximum absolute atomic E-state index is 11.8. The zero-order chi connectivity index (χ0) is 19.8. The van der Waals surface area contributed by atoms with Crippen molar-refractivity contribution >= 4 is 23.2 Å². The minimum atomic E-state index is -0.475. The van der Waals surface area contributed by atoms with E-state index in [2.05, 4.69) is 16.6 Å².